The van der Waals surface area contributed by atoms with Gasteiger partial charge in [-0.3, -0.25) is 0 Å². The second kappa shape index (κ2) is 8.39. The van der Waals surface area contributed by atoms with Gasteiger partial charge in [-0.25, -0.2) is 0 Å². The third-order valence-corrected chi connectivity index (χ3v) is 4.69. The van der Waals surface area contributed by atoms with Gasteiger partial charge in [-0.1, -0.05) is 39.8 Å². The van der Waals surface area contributed by atoms with Crippen molar-refractivity contribution < 1.29 is 9.47 Å². The molecule has 0 amide bonds. The molecule has 0 N–H and O–H groups in total. The number of aryl methyl sites for hydroxylation is 1. The van der Waals surface area contributed by atoms with Crippen molar-refractivity contribution in [2.24, 2.45) is 0 Å². The predicted octanol–water partition coefficient (Wildman–Crippen LogP) is 5.00. The fourth-order valence-corrected chi connectivity index (χ4v) is 3.09. The third kappa shape index (κ3) is 4.02. The fourth-order valence-electron chi connectivity index (χ4n) is 3.09. The van der Waals surface area contributed by atoms with Crippen LogP contribution in [-0.4, -0.2) is 38.3 Å². The highest BCUT2D eigenvalue weighted by molar-refractivity contribution is 5.91. The van der Waals surface area contributed by atoms with E-state index < -0.39 is 0 Å². The Morgan fingerprint density at radius 3 is 2.38 bits per heavy atom. The molecule has 0 atom stereocenters. The van der Waals surface area contributed by atoms with Gasteiger partial charge in [-0.15, -0.1) is 0 Å². The first-order valence-corrected chi connectivity index (χ1v) is 8.98. The summed E-state index contributed by atoms with van der Waals surface area (Å²) in [6.45, 7) is 14.6. The van der Waals surface area contributed by atoms with E-state index in [0.717, 1.165) is 36.5 Å². The zero-order chi connectivity index (χ0) is 17.7. The van der Waals surface area contributed by atoms with Gasteiger partial charge in [0.2, 0.25) is 0 Å². The van der Waals surface area contributed by atoms with E-state index in [9.17, 15) is 0 Å². The number of hydrogen-bond donors (Lipinski definition) is 0. The standard InChI is InChI=1S/C21H31NO2/c1-7-22(8-2)11-12-24-21-16(5)9-10-17-13-18(15(3)4)20(23-6)14-19(17)21/h9-10,13-15H,7-8,11-12H2,1-6H3. The highest BCUT2D eigenvalue weighted by atomic mass is 16.5. The van der Waals surface area contributed by atoms with Crippen LogP contribution in [0.4, 0.5) is 0 Å². The second-order valence-electron chi connectivity index (χ2n) is 6.56. The lowest BCUT2D eigenvalue weighted by Gasteiger charge is -2.20. The van der Waals surface area contributed by atoms with Gasteiger partial charge in [0.25, 0.3) is 0 Å². The summed E-state index contributed by atoms with van der Waals surface area (Å²) in [4.78, 5) is 2.37. The molecule has 0 fully saturated rings. The summed E-state index contributed by atoms with van der Waals surface area (Å²) in [5.74, 6) is 2.35. The van der Waals surface area contributed by atoms with Crippen molar-refractivity contribution in [2.45, 2.75) is 40.5 Å². The molecule has 0 heterocycles. The Hall–Kier alpha value is -1.74. The van der Waals surface area contributed by atoms with Crippen LogP contribution in [0.5, 0.6) is 11.5 Å². The van der Waals surface area contributed by atoms with Crippen molar-refractivity contribution in [1.82, 2.24) is 4.90 Å². The Morgan fingerprint density at radius 1 is 1.08 bits per heavy atom. The van der Waals surface area contributed by atoms with Crippen molar-refractivity contribution in [3.05, 3.63) is 35.4 Å². The van der Waals surface area contributed by atoms with Crippen LogP contribution in [0.2, 0.25) is 0 Å². The molecule has 0 saturated carbocycles. The monoisotopic (exact) mass is 329 g/mol. The number of likely N-dealkylation sites (N-methyl/N-ethyl adjacent to an activating group) is 1. The molecule has 0 bridgehead atoms. The van der Waals surface area contributed by atoms with Crippen molar-refractivity contribution in [1.29, 1.82) is 0 Å². The average Bonchev–Trinajstić information content (AvgIpc) is 2.59. The maximum atomic E-state index is 6.19. The third-order valence-electron chi connectivity index (χ3n) is 4.69. The quantitative estimate of drug-likeness (QED) is 0.680. The molecule has 0 radical (unpaired) electrons. The summed E-state index contributed by atoms with van der Waals surface area (Å²) in [5, 5.41) is 2.35. The maximum Gasteiger partial charge on any atom is 0.130 e. The Kier molecular flexibility index (Phi) is 6.50. The number of ether oxygens (including phenoxy) is 2. The number of nitrogens with zero attached hydrogens (tertiary/aromatic N) is 1. The summed E-state index contributed by atoms with van der Waals surface area (Å²) < 4.78 is 11.8. The zero-order valence-electron chi connectivity index (χ0n) is 16.0. The van der Waals surface area contributed by atoms with Gasteiger partial charge < -0.3 is 14.4 Å². The van der Waals surface area contributed by atoms with Gasteiger partial charge >= 0.3 is 0 Å². The lowest BCUT2D eigenvalue weighted by Crippen LogP contribution is -2.28. The molecule has 132 valence electrons. The Labute approximate surface area is 146 Å². The summed E-state index contributed by atoms with van der Waals surface area (Å²) >= 11 is 0. The molecule has 0 unspecified atom stereocenters. The van der Waals surface area contributed by atoms with Gasteiger partial charge in [0, 0.05) is 11.9 Å². The van der Waals surface area contributed by atoms with E-state index >= 15 is 0 Å². The average molecular weight is 329 g/mol. The van der Waals surface area contributed by atoms with E-state index in [1.54, 1.807) is 7.11 Å². The molecule has 3 nitrogen and oxygen atoms in total. The van der Waals surface area contributed by atoms with Crippen LogP contribution < -0.4 is 9.47 Å². The first-order chi connectivity index (χ1) is 11.5. The number of fused-ring (bicyclic) bond motifs is 1. The first-order valence-electron chi connectivity index (χ1n) is 8.98. The van der Waals surface area contributed by atoms with Crippen molar-refractivity contribution in [3.8, 4) is 11.5 Å². The van der Waals surface area contributed by atoms with Gasteiger partial charge in [0.1, 0.15) is 18.1 Å². The fraction of sp³-hybridized carbons (Fsp3) is 0.524. The molecular formula is C21H31NO2. The molecule has 0 saturated heterocycles. The predicted molar refractivity (Wildman–Crippen MR) is 103 cm³/mol. The molecular weight excluding hydrogens is 298 g/mol. The van der Waals surface area contributed by atoms with Gasteiger partial charge in [0.05, 0.1) is 7.11 Å². The SMILES string of the molecule is CCN(CC)CCOc1c(C)ccc2cc(C(C)C)c(OC)cc12. The minimum atomic E-state index is 0.428. The lowest BCUT2D eigenvalue weighted by molar-refractivity contribution is 0.223. The normalized spacial score (nSPS) is 11.5. The highest BCUT2D eigenvalue weighted by Gasteiger charge is 2.13. The summed E-state index contributed by atoms with van der Waals surface area (Å²) in [5.41, 5.74) is 2.41. The molecule has 0 aromatic heterocycles. The molecule has 0 aliphatic rings. The number of benzene rings is 2. The molecule has 3 heteroatoms. The molecule has 2 aromatic rings. The van der Waals surface area contributed by atoms with Crippen molar-refractivity contribution in [3.63, 3.8) is 0 Å². The van der Waals surface area contributed by atoms with E-state index in [1.165, 1.54) is 16.5 Å². The van der Waals surface area contributed by atoms with E-state index in [2.05, 4.69) is 63.8 Å². The summed E-state index contributed by atoms with van der Waals surface area (Å²) in [7, 11) is 1.74. The van der Waals surface area contributed by atoms with Crippen LogP contribution >= 0.6 is 0 Å². The van der Waals surface area contributed by atoms with Gasteiger partial charge in [-0.05, 0) is 54.6 Å². The minimum Gasteiger partial charge on any atom is -0.496 e. The molecule has 0 aliphatic carbocycles. The second-order valence-corrected chi connectivity index (χ2v) is 6.56. The van der Waals surface area contributed by atoms with Crippen LogP contribution in [0.25, 0.3) is 10.8 Å². The van der Waals surface area contributed by atoms with E-state index in [1.807, 2.05) is 0 Å². The number of rotatable bonds is 8. The van der Waals surface area contributed by atoms with Crippen molar-refractivity contribution >= 4 is 10.8 Å². The topological polar surface area (TPSA) is 21.7 Å². The van der Waals surface area contributed by atoms with E-state index in [-0.39, 0.29) is 0 Å². The molecule has 0 aliphatic heterocycles. The first kappa shape index (κ1) is 18.6. The Bertz CT molecular complexity index is 675. The van der Waals surface area contributed by atoms with Crippen LogP contribution in [0.15, 0.2) is 24.3 Å². The minimum absolute atomic E-state index is 0.428. The maximum absolute atomic E-state index is 6.19. The summed E-state index contributed by atoms with van der Waals surface area (Å²) in [6, 6.07) is 8.68. The van der Waals surface area contributed by atoms with E-state index in [4.69, 9.17) is 9.47 Å². The van der Waals surface area contributed by atoms with Gasteiger partial charge in [0.15, 0.2) is 0 Å². The van der Waals surface area contributed by atoms with Crippen LogP contribution in [0.1, 0.15) is 44.7 Å². The summed E-state index contributed by atoms with van der Waals surface area (Å²) in [6.07, 6.45) is 0. The van der Waals surface area contributed by atoms with Crippen molar-refractivity contribution in [2.75, 3.05) is 33.4 Å². The molecule has 2 rings (SSSR count). The Morgan fingerprint density at radius 2 is 1.79 bits per heavy atom. The highest BCUT2D eigenvalue weighted by Crippen LogP contribution is 2.37. The smallest absolute Gasteiger partial charge is 0.130 e. The molecule has 0 spiro atoms. The van der Waals surface area contributed by atoms with E-state index in [0.29, 0.717) is 12.5 Å². The van der Waals surface area contributed by atoms with Crippen LogP contribution in [0, 0.1) is 6.92 Å². The molecule has 2 aromatic carbocycles. The van der Waals surface area contributed by atoms with Gasteiger partial charge in [-0.2, -0.15) is 0 Å². The Balaban J connectivity index is 2.36. The number of hydrogen-bond acceptors (Lipinski definition) is 3. The number of methoxy groups -OCH3 is 1. The van der Waals surface area contributed by atoms with Crippen LogP contribution in [-0.2, 0) is 0 Å². The zero-order valence-corrected chi connectivity index (χ0v) is 16.0. The largest absolute Gasteiger partial charge is 0.496 e. The van der Waals surface area contributed by atoms with Crippen LogP contribution in [0.3, 0.4) is 0 Å². The lowest BCUT2D eigenvalue weighted by atomic mass is 9.96. The molecule has 24 heavy (non-hydrogen) atoms.